The van der Waals surface area contributed by atoms with Gasteiger partial charge in [0.1, 0.15) is 5.75 Å². The summed E-state index contributed by atoms with van der Waals surface area (Å²) in [6, 6.07) is -0.530. The summed E-state index contributed by atoms with van der Waals surface area (Å²) in [5.74, 6) is -0.669. The Balaban J connectivity index is 3.50. The van der Waals surface area contributed by atoms with Gasteiger partial charge in [0.2, 0.25) is 0 Å². The number of aromatic nitrogens is 1. The molecule has 1 aromatic rings. The second-order valence-corrected chi connectivity index (χ2v) is 2.24. The minimum absolute atomic E-state index is 0.130. The Morgan fingerprint density at radius 1 is 1.90 bits per heavy atom. The number of rotatable bonds is 1. The Hall–Kier alpha value is -0.570. The monoisotopic (exact) mass is 209 g/mol. The molecule has 0 aliphatic carbocycles. The number of ether oxygens (including phenoxy) is 1. The molecule has 0 atom stereocenters. The zero-order valence-corrected chi connectivity index (χ0v) is 6.32. The average molecular weight is 210 g/mol. The molecular weight excluding hydrogens is 194 g/mol. The first kappa shape index (κ1) is 2.21. The second kappa shape index (κ2) is 3.01. The lowest BCUT2D eigenvalue weighted by Crippen LogP contribution is -1.89. The summed E-state index contributed by atoms with van der Waals surface area (Å²) in [5, 5.41) is 0. The van der Waals surface area contributed by atoms with Crippen LogP contribution >= 0.6 is 15.9 Å². The van der Waals surface area contributed by atoms with Gasteiger partial charge < -0.3 is 4.74 Å². The highest BCUT2D eigenvalue weighted by atomic mass is 79.9. The van der Waals surface area contributed by atoms with Crippen molar-refractivity contribution in [1.29, 1.82) is 0 Å². The van der Waals surface area contributed by atoms with Gasteiger partial charge in [0.05, 0.1) is 19.6 Å². The van der Waals surface area contributed by atoms with Crippen molar-refractivity contribution in [2.24, 2.45) is 0 Å². The lowest BCUT2D eigenvalue weighted by Gasteiger charge is -2.01. The van der Waals surface area contributed by atoms with Crippen molar-refractivity contribution in [3.8, 4) is 5.75 Å². The van der Waals surface area contributed by atoms with Crippen LogP contribution in [0, 0.1) is 6.85 Å². The van der Waals surface area contributed by atoms with Gasteiger partial charge in [-0.1, -0.05) is 0 Å². The Labute approximate surface area is 79.6 Å². The highest BCUT2D eigenvalue weighted by molar-refractivity contribution is 9.10. The predicted molar refractivity (Wildman–Crippen MR) is 43.2 cm³/mol. The van der Waals surface area contributed by atoms with Crippen LogP contribution in [0.25, 0.3) is 0 Å². The van der Waals surface area contributed by atoms with E-state index in [9.17, 15) is 0 Å². The molecule has 10 heavy (non-hydrogen) atoms. The van der Waals surface area contributed by atoms with E-state index < -0.39 is 37.5 Å². The van der Waals surface area contributed by atoms with Crippen LogP contribution in [0.15, 0.2) is 16.7 Å². The number of hydrogen-bond acceptors (Lipinski definition) is 2. The predicted octanol–water partition coefficient (Wildman–Crippen LogP) is 2.16. The van der Waals surface area contributed by atoms with Gasteiger partial charge in [0.15, 0.2) is 0 Å². The molecule has 0 spiro atoms. The van der Waals surface area contributed by atoms with Gasteiger partial charge in [-0.05, 0) is 28.8 Å². The van der Waals surface area contributed by atoms with Crippen molar-refractivity contribution in [3.05, 3.63) is 22.4 Å². The summed E-state index contributed by atoms with van der Waals surface area (Å²) >= 11 is 2.85. The first-order chi connectivity index (χ1) is 7.93. The second-order valence-electron chi connectivity index (χ2n) is 1.44. The summed E-state index contributed by atoms with van der Waals surface area (Å²) in [4.78, 5) is 3.45. The molecule has 0 aromatic carbocycles. The zero-order valence-electron chi connectivity index (χ0n) is 12.7. The van der Waals surface area contributed by atoms with E-state index in [1.54, 1.807) is 0 Å². The maximum absolute atomic E-state index is 7.61. The third kappa shape index (κ3) is 1.48. The fourth-order valence-corrected chi connectivity index (χ4v) is 0.685. The van der Waals surface area contributed by atoms with Crippen LogP contribution in [-0.2, 0) is 0 Å². The lowest BCUT2D eigenvalue weighted by molar-refractivity contribution is 0.409. The SMILES string of the molecule is [2H]c1nc(C([2H])([2H])[2H])c(OC([2H])([2H])[2H])c([2H])c1Br. The number of hydrogen-bond donors (Lipinski definition) is 0. The van der Waals surface area contributed by atoms with Crippen molar-refractivity contribution in [1.82, 2.24) is 4.98 Å². The van der Waals surface area contributed by atoms with Crippen molar-refractivity contribution >= 4 is 15.9 Å². The molecule has 2 nitrogen and oxygen atoms in total. The van der Waals surface area contributed by atoms with Gasteiger partial charge >= 0.3 is 0 Å². The Morgan fingerprint density at radius 2 is 2.80 bits per heavy atom. The van der Waals surface area contributed by atoms with Crippen LogP contribution in [0.1, 0.15) is 16.7 Å². The first-order valence-corrected chi connectivity index (χ1v) is 3.09. The van der Waals surface area contributed by atoms with Crippen molar-refractivity contribution in [2.75, 3.05) is 7.04 Å². The van der Waals surface area contributed by atoms with E-state index in [-0.39, 0.29) is 4.47 Å². The van der Waals surface area contributed by atoms with Gasteiger partial charge in [0, 0.05) is 14.8 Å². The Kier molecular flexibility index (Phi) is 0.664. The van der Waals surface area contributed by atoms with Crippen molar-refractivity contribution in [2.45, 2.75) is 6.85 Å². The molecule has 3 heteroatoms. The molecule has 0 saturated carbocycles. The highest BCUT2D eigenvalue weighted by Crippen LogP contribution is 2.19. The quantitative estimate of drug-likeness (QED) is 0.708. The van der Waals surface area contributed by atoms with E-state index in [0.717, 1.165) is 0 Å². The number of halogens is 1. The van der Waals surface area contributed by atoms with Crippen LogP contribution in [0.2, 0.25) is 0 Å². The largest absolute Gasteiger partial charge is 0.495 e. The van der Waals surface area contributed by atoms with Crippen LogP contribution < -0.4 is 4.74 Å². The minimum Gasteiger partial charge on any atom is -0.495 e. The zero-order chi connectivity index (χ0) is 14.3. The molecule has 54 valence electrons. The van der Waals surface area contributed by atoms with Crippen LogP contribution in [0.3, 0.4) is 0 Å². The average Bonchev–Trinajstić information content (AvgIpc) is 2.15. The topological polar surface area (TPSA) is 22.1 Å². The fourth-order valence-electron chi connectivity index (χ4n) is 0.416. The third-order valence-electron chi connectivity index (χ3n) is 0.806. The molecule has 1 aromatic heterocycles. The Morgan fingerprint density at radius 3 is 3.50 bits per heavy atom. The molecule has 0 bridgehead atoms. The van der Waals surface area contributed by atoms with E-state index in [1.165, 1.54) is 0 Å². The van der Waals surface area contributed by atoms with E-state index in [2.05, 4.69) is 25.7 Å². The maximum Gasteiger partial charge on any atom is 0.141 e. The summed E-state index contributed by atoms with van der Waals surface area (Å²) in [6.45, 7) is -2.77. The summed E-state index contributed by atoms with van der Waals surface area (Å²) in [6.07, 6.45) is -0.469. The molecule has 0 N–H and O–H groups in total. The van der Waals surface area contributed by atoms with Gasteiger partial charge in [-0.3, -0.25) is 4.98 Å². The van der Waals surface area contributed by atoms with Gasteiger partial charge in [0.25, 0.3) is 0 Å². The Bertz CT molecular complexity index is 468. The summed E-state index contributed by atoms with van der Waals surface area (Å²) in [7, 11) is -2.90. The van der Waals surface area contributed by atoms with Crippen molar-refractivity contribution in [3.63, 3.8) is 0 Å². The van der Waals surface area contributed by atoms with Gasteiger partial charge in [-0.15, -0.1) is 0 Å². The van der Waals surface area contributed by atoms with Gasteiger partial charge in [-0.25, -0.2) is 0 Å². The fraction of sp³-hybridized carbons (Fsp3) is 0.286. The number of nitrogens with zero attached hydrogens (tertiary/aromatic N) is 1. The number of pyridine rings is 1. The molecule has 0 amide bonds. The first-order valence-electron chi connectivity index (χ1n) is 6.29. The third-order valence-corrected chi connectivity index (χ3v) is 1.18. The van der Waals surface area contributed by atoms with E-state index in [4.69, 9.17) is 11.0 Å². The molecule has 0 saturated heterocycles. The molecule has 0 aliphatic heterocycles. The molecule has 0 radical (unpaired) electrons. The molecule has 0 aliphatic rings. The van der Waals surface area contributed by atoms with E-state index in [0.29, 0.717) is 0 Å². The number of methoxy groups -OCH3 is 1. The summed E-state index contributed by atoms with van der Waals surface area (Å²) < 4.78 is 61.8. The summed E-state index contributed by atoms with van der Waals surface area (Å²) in [5.41, 5.74) is -0.711. The van der Waals surface area contributed by atoms with Crippen LogP contribution in [-0.4, -0.2) is 12.0 Å². The van der Waals surface area contributed by atoms with Crippen LogP contribution in [0.5, 0.6) is 5.75 Å². The van der Waals surface area contributed by atoms with Crippen molar-refractivity contribution < 1.29 is 15.7 Å². The van der Waals surface area contributed by atoms with Crippen LogP contribution in [0.4, 0.5) is 0 Å². The molecule has 1 rings (SSSR count). The lowest BCUT2D eigenvalue weighted by atomic mass is 10.3. The molecular formula is C7H8BrNO. The smallest absolute Gasteiger partial charge is 0.141 e. The molecule has 0 fully saturated rings. The standard InChI is InChI=1S/C7H8BrNO/c1-5-7(10-2)3-6(8)4-9-5/h3-4H,1-2H3/i1D3,2D3,3D,4D. The molecule has 1 heterocycles. The van der Waals surface area contributed by atoms with E-state index in [1.807, 2.05) is 0 Å². The maximum atomic E-state index is 7.61. The number of aryl methyl sites for hydroxylation is 1. The molecule has 0 unspecified atom stereocenters. The minimum atomic E-state index is -2.90. The normalized spacial score (nSPS) is 23.7. The highest BCUT2D eigenvalue weighted by Gasteiger charge is 1.97. The van der Waals surface area contributed by atoms with Gasteiger partial charge in [-0.2, -0.15) is 0 Å². The van der Waals surface area contributed by atoms with E-state index >= 15 is 0 Å².